The van der Waals surface area contributed by atoms with Gasteiger partial charge in [-0.3, -0.25) is 4.79 Å². The molecule has 0 radical (unpaired) electrons. The van der Waals surface area contributed by atoms with Crippen molar-refractivity contribution < 1.29 is 19.4 Å². The van der Waals surface area contributed by atoms with Gasteiger partial charge in [0, 0.05) is 29.2 Å². The molecule has 3 N–H and O–H groups in total. The minimum atomic E-state index is -1.15. The lowest BCUT2D eigenvalue weighted by Crippen LogP contribution is -2.42. The van der Waals surface area contributed by atoms with E-state index in [9.17, 15) is 14.7 Å². The fourth-order valence-electron chi connectivity index (χ4n) is 5.08. The molecule has 0 aliphatic heterocycles. The Morgan fingerprint density at radius 2 is 1.46 bits per heavy atom. The van der Waals surface area contributed by atoms with Gasteiger partial charge in [0.05, 0.1) is 5.56 Å². The highest BCUT2D eigenvalue weighted by Gasteiger charge is 2.23. The predicted octanol–water partition coefficient (Wildman–Crippen LogP) is 9.13. The highest BCUT2D eigenvalue weighted by Crippen LogP contribution is 2.33. The molecule has 1 unspecified atom stereocenters. The lowest BCUT2D eigenvalue weighted by atomic mass is 9.87. The second kappa shape index (κ2) is 14.4. The van der Waals surface area contributed by atoms with E-state index in [2.05, 4.69) is 55.7 Å². The van der Waals surface area contributed by atoms with Gasteiger partial charge in [-0.2, -0.15) is 0 Å². The van der Waals surface area contributed by atoms with Crippen LogP contribution >= 0.6 is 11.6 Å². The molecule has 234 valence electrons. The zero-order chi connectivity index (χ0) is 32.7. The summed E-state index contributed by atoms with van der Waals surface area (Å²) in [7, 11) is 0. The first-order chi connectivity index (χ1) is 22.1. The number of carbonyl (C=O) groups is 2. The lowest BCUT2D eigenvalue weighted by molar-refractivity contribution is -0.139. The van der Waals surface area contributed by atoms with E-state index < -0.39 is 17.9 Å². The van der Waals surface area contributed by atoms with E-state index in [1.54, 1.807) is 18.2 Å². The summed E-state index contributed by atoms with van der Waals surface area (Å²) in [6.07, 6.45) is 0.104. The van der Waals surface area contributed by atoms with Crippen molar-refractivity contribution in [2.45, 2.75) is 45.2 Å². The van der Waals surface area contributed by atoms with Crippen molar-refractivity contribution in [3.05, 3.63) is 149 Å². The summed E-state index contributed by atoms with van der Waals surface area (Å²) in [5.74, 6) is -0.206. The van der Waals surface area contributed by atoms with Crippen molar-refractivity contribution in [2.75, 3.05) is 5.32 Å². The Morgan fingerprint density at radius 3 is 2.13 bits per heavy atom. The number of carbonyl (C=O) groups excluding carboxylic acids is 1. The zero-order valence-electron chi connectivity index (χ0n) is 26.1. The summed E-state index contributed by atoms with van der Waals surface area (Å²) in [6, 6.07) is 37.1. The molecule has 5 rings (SSSR count). The molecule has 5 aromatic carbocycles. The molecule has 1 amide bonds. The van der Waals surface area contributed by atoms with Crippen molar-refractivity contribution >= 4 is 29.2 Å². The molecular formula is C39H37ClN2O4. The average Bonchev–Trinajstić information content (AvgIpc) is 3.04. The van der Waals surface area contributed by atoms with Crippen LogP contribution in [0.2, 0.25) is 5.02 Å². The molecule has 0 saturated heterocycles. The van der Waals surface area contributed by atoms with E-state index >= 15 is 0 Å². The second-order valence-electron chi connectivity index (χ2n) is 12.2. The highest BCUT2D eigenvalue weighted by molar-refractivity contribution is 6.31. The quantitative estimate of drug-likeness (QED) is 0.135. The number of rotatable bonds is 11. The summed E-state index contributed by atoms with van der Waals surface area (Å²) in [5.41, 5.74) is 5.78. The topological polar surface area (TPSA) is 87.7 Å². The van der Waals surface area contributed by atoms with E-state index in [0.29, 0.717) is 23.0 Å². The van der Waals surface area contributed by atoms with E-state index in [1.807, 2.05) is 78.9 Å². The Hall–Kier alpha value is -5.07. The SMILES string of the molecule is CC(C)(C)c1ccc(CNc2ccc(Cl)cc2C(=O)NC(Cc2ccc(-c3ccccc3Oc3ccccc3)cc2)C(=O)O)cc1. The number of anilines is 1. The van der Waals surface area contributed by atoms with E-state index in [1.165, 1.54) is 5.56 Å². The molecular weight excluding hydrogens is 596 g/mol. The third kappa shape index (κ3) is 8.34. The van der Waals surface area contributed by atoms with Gasteiger partial charge in [0.2, 0.25) is 0 Å². The molecule has 46 heavy (non-hydrogen) atoms. The predicted molar refractivity (Wildman–Crippen MR) is 185 cm³/mol. The molecule has 0 spiro atoms. The average molecular weight is 633 g/mol. The van der Waals surface area contributed by atoms with E-state index in [-0.39, 0.29) is 17.4 Å². The van der Waals surface area contributed by atoms with Crippen molar-refractivity contribution in [1.29, 1.82) is 0 Å². The Bertz CT molecular complexity index is 1800. The van der Waals surface area contributed by atoms with Crippen LogP contribution < -0.4 is 15.4 Å². The maximum atomic E-state index is 13.4. The maximum absolute atomic E-state index is 13.4. The Labute approximate surface area is 275 Å². The standard InChI is InChI=1S/C39H37ClN2O4/c1-39(2,3)29-19-15-27(16-20-29)25-41-34-22-21-30(40)24-33(34)37(43)42-35(38(44)45)23-26-13-17-28(18-14-26)32-11-7-8-12-36(32)46-31-9-5-4-6-10-31/h4-22,24,35,41H,23,25H2,1-3H3,(H,42,43)(H,44,45). The number of amides is 1. The van der Waals surface area contributed by atoms with E-state index in [4.69, 9.17) is 16.3 Å². The van der Waals surface area contributed by atoms with Crippen LogP contribution in [0.15, 0.2) is 121 Å². The lowest BCUT2D eigenvalue weighted by Gasteiger charge is -2.19. The molecule has 1 atom stereocenters. The van der Waals surface area contributed by atoms with Crippen LogP contribution in [0.25, 0.3) is 11.1 Å². The van der Waals surface area contributed by atoms with Crippen LogP contribution in [0, 0.1) is 0 Å². The third-order valence-corrected chi connectivity index (χ3v) is 7.93. The normalized spacial score (nSPS) is 11.8. The van der Waals surface area contributed by atoms with Crippen molar-refractivity contribution in [3.63, 3.8) is 0 Å². The van der Waals surface area contributed by atoms with Gasteiger partial charge in [-0.05, 0) is 64.1 Å². The number of hydrogen-bond donors (Lipinski definition) is 3. The number of benzene rings is 5. The fourth-order valence-corrected chi connectivity index (χ4v) is 5.25. The van der Waals surface area contributed by atoms with Crippen LogP contribution in [0.5, 0.6) is 11.5 Å². The smallest absolute Gasteiger partial charge is 0.326 e. The molecule has 0 aliphatic rings. The monoisotopic (exact) mass is 632 g/mol. The molecule has 0 heterocycles. The largest absolute Gasteiger partial charge is 0.480 e. The van der Waals surface area contributed by atoms with Crippen LogP contribution in [0.4, 0.5) is 5.69 Å². The molecule has 5 aromatic rings. The first-order valence-electron chi connectivity index (χ1n) is 15.1. The number of nitrogens with one attached hydrogen (secondary N) is 2. The Balaban J connectivity index is 1.27. The Kier molecular flexibility index (Phi) is 10.1. The van der Waals surface area contributed by atoms with Crippen LogP contribution in [-0.2, 0) is 23.2 Å². The number of para-hydroxylation sites is 2. The van der Waals surface area contributed by atoms with E-state index in [0.717, 1.165) is 28.0 Å². The molecule has 0 bridgehead atoms. The number of halogens is 1. The van der Waals surface area contributed by atoms with Crippen molar-refractivity contribution in [2.24, 2.45) is 0 Å². The summed E-state index contributed by atoms with van der Waals surface area (Å²) >= 11 is 6.26. The minimum absolute atomic E-state index is 0.0546. The highest BCUT2D eigenvalue weighted by atomic mass is 35.5. The van der Waals surface area contributed by atoms with Crippen molar-refractivity contribution in [3.8, 4) is 22.6 Å². The third-order valence-electron chi connectivity index (χ3n) is 7.70. The first kappa shape index (κ1) is 32.3. The summed E-state index contributed by atoms with van der Waals surface area (Å²) in [4.78, 5) is 25.7. The Morgan fingerprint density at radius 1 is 0.804 bits per heavy atom. The van der Waals surface area contributed by atoms with Gasteiger partial charge in [0.15, 0.2) is 0 Å². The molecule has 0 fully saturated rings. The van der Waals surface area contributed by atoms with Crippen LogP contribution in [-0.4, -0.2) is 23.0 Å². The van der Waals surface area contributed by atoms with Gasteiger partial charge in [-0.15, -0.1) is 0 Å². The molecule has 0 aromatic heterocycles. The molecule has 7 heteroatoms. The van der Waals surface area contributed by atoms with Gasteiger partial charge < -0.3 is 20.5 Å². The molecule has 6 nitrogen and oxygen atoms in total. The van der Waals surface area contributed by atoms with Gasteiger partial charge in [0.25, 0.3) is 5.91 Å². The minimum Gasteiger partial charge on any atom is -0.480 e. The summed E-state index contributed by atoms with van der Waals surface area (Å²) in [5, 5.41) is 16.4. The number of aliphatic carboxylic acids is 1. The van der Waals surface area contributed by atoms with Gasteiger partial charge in [-0.1, -0.05) is 117 Å². The first-order valence-corrected chi connectivity index (χ1v) is 15.5. The zero-order valence-corrected chi connectivity index (χ0v) is 26.8. The van der Waals surface area contributed by atoms with Crippen molar-refractivity contribution in [1.82, 2.24) is 5.32 Å². The van der Waals surface area contributed by atoms with Gasteiger partial charge >= 0.3 is 5.97 Å². The molecule has 0 aliphatic carbocycles. The van der Waals surface area contributed by atoms with Crippen LogP contribution in [0.1, 0.15) is 47.8 Å². The maximum Gasteiger partial charge on any atom is 0.326 e. The summed E-state index contributed by atoms with van der Waals surface area (Å²) < 4.78 is 6.11. The van der Waals surface area contributed by atoms with Gasteiger partial charge in [-0.25, -0.2) is 4.79 Å². The second-order valence-corrected chi connectivity index (χ2v) is 12.6. The number of hydrogen-bond acceptors (Lipinski definition) is 4. The molecule has 0 saturated carbocycles. The number of ether oxygens (including phenoxy) is 1. The number of carboxylic acid groups (broad SMARTS) is 1. The van der Waals surface area contributed by atoms with Crippen LogP contribution in [0.3, 0.4) is 0 Å². The number of carboxylic acids is 1. The summed E-state index contributed by atoms with van der Waals surface area (Å²) in [6.45, 7) is 6.99. The fraction of sp³-hybridized carbons (Fsp3) is 0.179. The van der Waals surface area contributed by atoms with Gasteiger partial charge in [0.1, 0.15) is 17.5 Å².